The Morgan fingerprint density at radius 3 is 2.93 bits per heavy atom. The molecule has 4 heteroatoms. The molecule has 14 heavy (non-hydrogen) atoms. The molecule has 0 bridgehead atoms. The lowest BCUT2D eigenvalue weighted by atomic mass is 10.2. The summed E-state index contributed by atoms with van der Waals surface area (Å²) in [6.07, 6.45) is 0. The number of esters is 1. The molecule has 0 unspecified atom stereocenters. The van der Waals surface area contributed by atoms with Gasteiger partial charge in [0.15, 0.2) is 0 Å². The molecule has 0 atom stereocenters. The maximum Gasteiger partial charge on any atom is 0.375 e. The van der Waals surface area contributed by atoms with Gasteiger partial charge < -0.3 is 9.15 Å². The number of hydrogen-bond acceptors (Lipinski definition) is 3. The van der Waals surface area contributed by atoms with Crippen LogP contribution in [0.15, 0.2) is 34.7 Å². The van der Waals surface area contributed by atoms with Gasteiger partial charge in [-0.25, -0.2) is 4.79 Å². The molecule has 0 radical (unpaired) electrons. The van der Waals surface area contributed by atoms with E-state index in [0.717, 1.165) is 5.39 Å². The predicted octanol–water partition coefficient (Wildman–Crippen LogP) is 2.94. The van der Waals surface area contributed by atoms with Gasteiger partial charge >= 0.3 is 5.97 Å². The number of alkyl halides is 1. The lowest BCUT2D eigenvalue weighted by Crippen LogP contribution is -2.00. The summed E-state index contributed by atoms with van der Waals surface area (Å²) in [5.74, 6) is -0.233. The largest absolute Gasteiger partial charge is 0.449 e. The third-order valence-electron chi connectivity index (χ3n) is 1.81. The summed E-state index contributed by atoms with van der Waals surface area (Å²) in [6, 6.07) is 9.09. The fraction of sp³-hybridized carbons (Fsp3) is 0.100. The lowest BCUT2D eigenvalue weighted by Gasteiger charge is -1.94. The molecular formula is C10H7BrO3. The number of rotatable bonds is 2. The zero-order valence-corrected chi connectivity index (χ0v) is 8.78. The van der Waals surface area contributed by atoms with Crippen LogP contribution in [-0.2, 0) is 4.74 Å². The topological polar surface area (TPSA) is 39.4 Å². The van der Waals surface area contributed by atoms with Crippen LogP contribution in [-0.4, -0.2) is 11.5 Å². The molecule has 3 nitrogen and oxygen atoms in total. The average Bonchev–Trinajstić information content (AvgIpc) is 2.61. The van der Waals surface area contributed by atoms with Gasteiger partial charge in [-0.15, -0.1) is 0 Å². The van der Waals surface area contributed by atoms with Crippen LogP contribution >= 0.6 is 15.9 Å². The van der Waals surface area contributed by atoms with Crippen LogP contribution in [0.2, 0.25) is 0 Å². The van der Waals surface area contributed by atoms with E-state index in [1.165, 1.54) is 0 Å². The quantitative estimate of drug-likeness (QED) is 0.611. The molecule has 0 amide bonds. The van der Waals surface area contributed by atoms with E-state index in [0.29, 0.717) is 5.58 Å². The van der Waals surface area contributed by atoms with Crippen molar-refractivity contribution in [2.24, 2.45) is 0 Å². The fourth-order valence-corrected chi connectivity index (χ4v) is 1.41. The first-order valence-electron chi connectivity index (χ1n) is 4.03. The van der Waals surface area contributed by atoms with Crippen LogP contribution in [0, 0.1) is 0 Å². The maximum absolute atomic E-state index is 11.3. The number of halogens is 1. The van der Waals surface area contributed by atoms with Crippen molar-refractivity contribution in [1.29, 1.82) is 0 Å². The van der Waals surface area contributed by atoms with Crippen LogP contribution in [0.5, 0.6) is 0 Å². The summed E-state index contributed by atoms with van der Waals surface area (Å²) in [6.45, 7) is 0. The van der Waals surface area contributed by atoms with Crippen LogP contribution in [0.1, 0.15) is 10.6 Å². The van der Waals surface area contributed by atoms with E-state index in [-0.39, 0.29) is 11.3 Å². The molecule has 0 saturated heterocycles. The third kappa shape index (κ3) is 1.65. The van der Waals surface area contributed by atoms with Crippen molar-refractivity contribution in [3.63, 3.8) is 0 Å². The van der Waals surface area contributed by atoms with E-state index in [2.05, 4.69) is 15.9 Å². The summed E-state index contributed by atoms with van der Waals surface area (Å²) in [5, 5.41) is 0.897. The Bertz CT molecular complexity index is 428. The Morgan fingerprint density at radius 1 is 1.43 bits per heavy atom. The van der Waals surface area contributed by atoms with Gasteiger partial charge in [0.25, 0.3) is 0 Å². The molecule has 0 fully saturated rings. The predicted molar refractivity (Wildman–Crippen MR) is 55.4 cm³/mol. The molecule has 0 aliphatic heterocycles. The number of carbonyl (C=O) groups excluding carboxylic acids is 1. The van der Waals surface area contributed by atoms with Gasteiger partial charge in [0.05, 0.1) is 0 Å². The van der Waals surface area contributed by atoms with E-state index in [1.807, 2.05) is 18.2 Å². The Balaban J connectivity index is 2.40. The van der Waals surface area contributed by atoms with Crippen LogP contribution < -0.4 is 0 Å². The maximum atomic E-state index is 11.3. The minimum Gasteiger partial charge on any atom is -0.449 e. The van der Waals surface area contributed by atoms with E-state index in [1.54, 1.807) is 12.1 Å². The fourth-order valence-electron chi connectivity index (χ4n) is 1.20. The highest BCUT2D eigenvalue weighted by Gasteiger charge is 2.12. The van der Waals surface area contributed by atoms with Gasteiger partial charge in [-0.3, -0.25) is 0 Å². The highest BCUT2D eigenvalue weighted by atomic mass is 79.9. The van der Waals surface area contributed by atoms with Gasteiger partial charge in [0.2, 0.25) is 5.76 Å². The smallest absolute Gasteiger partial charge is 0.375 e. The minimum atomic E-state index is -0.460. The van der Waals surface area contributed by atoms with Crippen molar-refractivity contribution in [2.75, 3.05) is 5.52 Å². The normalized spacial score (nSPS) is 10.4. The molecule has 1 heterocycles. The van der Waals surface area contributed by atoms with Crippen LogP contribution in [0.4, 0.5) is 0 Å². The average molecular weight is 255 g/mol. The number of para-hydroxylation sites is 1. The molecule has 72 valence electrons. The molecule has 0 aliphatic rings. The highest BCUT2D eigenvalue weighted by molar-refractivity contribution is 9.09. The first-order valence-corrected chi connectivity index (χ1v) is 5.15. The van der Waals surface area contributed by atoms with Crippen LogP contribution in [0.25, 0.3) is 11.0 Å². The molecule has 0 N–H and O–H groups in total. The van der Waals surface area contributed by atoms with Crippen molar-refractivity contribution in [3.8, 4) is 0 Å². The number of furan rings is 1. The molecular weight excluding hydrogens is 248 g/mol. The Labute approximate surface area is 88.8 Å². The minimum absolute atomic E-state index is 0.170. The second-order valence-electron chi connectivity index (χ2n) is 2.69. The molecule has 2 rings (SSSR count). The first-order chi connectivity index (χ1) is 6.81. The second kappa shape index (κ2) is 3.84. The van der Waals surface area contributed by atoms with Gasteiger partial charge in [-0.05, 0) is 28.1 Å². The van der Waals surface area contributed by atoms with Crippen molar-refractivity contribution >= 4 is 32.9 Å². The third-order valence-corrected chi connectivity index (χ3v) is 2.04. The molecule has 2 aromatic rings. The van der Waals surface area contributed by atoms with Crippen molar-refractivity contribution in [1.82, 2.24) is 0 Å². The van der Waals surface area contributed by atoms with Crippen molar-refractivity contribution in [2.45, 2.75) is 0 Å². The Kier molecular flexibility index (Phi) is 2.54. The summed E-state index contributed by atoms with van der Waals surface area (Å²) in [4.78, 5) is 11.3. The van der Waals surface area contributed by atoms with Crippen LogP contribution in [0.3, 0.4) is 0 Å². The monoisotopic (exact) mass is 254 g/mol. The van der Waals surface area contributed by atoms with Crippen molar-refractivity contribution in [3.05, 3.63) is 36.1 Å². The Hall–Kier alpha value is -1.29. The zero-order chi connectivity index (χ0) is 9.97. The number of hydrogen-bond donors (Lipinski definition) is 0. The van der Waals surface area contributed by atoms with Gasteiger partial charge in [-0.2, -0.15) is 0 Å². The zero-order valence-electron chi connectivity index (χ0n) is 7.20. The van der Waals surface area contributed by atoms with E-state index >= 15 is 0 Å². The number of ether oxygens (including phenoxy) is 1. The molecule has 0 spiro atoms. The lowest BCUT2D eigenvalue weighted by molar-refractivity contribution is 0.0551. The highest BCUT2D eigenvalue weighted by Crippen LogP contribution is 2.19. The first kappa shape index (κ1) is 9.27. The summed E-state index contributed by atoms with van der Waals surface area (Å²) in [7, 11) is 0. The van der Waals surface area contributed by atoms with Crippen molar-refractivity contribution < 1.29 is 13.9 Å². The number of benzene rings is 1. The Morgan fingerprint density at radius 2 is 2.21 bits per heavy atom. The van der Waals surface area contributed by atoms with Gasteiger partial charge in [0.1, 0.15) is 11.1 Å². The van der Waals surface area contributed by atoms with Gasteiger partial charge in [-0.1, -0.05) is 18.2 Å². The summed E-state index contributed by atoms with van der Waals surface area (Å²) in [5.41, 5.74) is 0.858. The van der Waals surface area contributed by atoms with Gasteiger partial charge in [0, 0.05) is 5.39 Å². The molecule has 0 saturated carbocycles. The molecule has 0 aliphatic carbocycles. The second-order valence-corrected chi connectivity index (χ2v) is 3.15. The number of carbonyl (C=O) groups is 1. The summed E-state index contributed by atoms with van der Waals surface area (Å²) >= 11 is 3.01. The van der Waals surface area contributed by atoms with E-state index in [9.17, 15) is 4.79 Å². The van der Waals surface area contributed by atoms with E-state index in [4.69, 9.17) is 9.15 Å². The molecule has 1 aromatic heterocycles. The standard InChI is InChI=1S/C10H7BrO3/c11-6-13-10(12)9-5-7-3-1-2-4-8(7)14-9/h1-5H,6H2. The SMILES string of the molecule is O=C(OCBr)c1cc2ccccc2o1. The van der Waals surface area contributed by atoms with E-state index < -0.39 is 5.97 Å². The number of fused-ring (bicyclic) bond motifs is 1. The molecule has 1 aromatic carbocycles. The summed E-state index contributed by atoms with van der Waals surface area (Å²) < 4.78 is 10.0.